The number of aryl methyl sites for hydroxylation is 1. The smallest absolute Gasteiger partial charge is 0.433 e. The topological polar surface area (TPSA) is 81.3 Å². The fourth-order valence-corrected chi connectivity index (χ4v) is 2.25. The van der Waals surface area contributed by atoms with Crippen molar-refractivity contribution in [3.8, 4) is 5.75 Å². The van der Waals surface area contributed by atoms with Crippen molar-refractivity contribution in [1.29, 1.82) is 0 Å². The highest BCUT2D eigenvalue weighted by Crippen LogP contribution is 2.38. The van der Waals surface area contributed by atoms with Crippen LogP contribution in [0.1, 0.15) is 11.4 Å². The van der Waals surface area contributed by atoms with Crippen molar-refractivity contribution < 1.29 is 22.7 Å². The van der Waals surface area contributed by atoms with Crippen LogP contribution in [0.2, 0.25) is 5.02 Å². The molecule has 6 nitrogen and oxygen atoms in total. The highest BCUT2D eigenvalue weighted by molar-refractivity contribution is 6.32. The number of primary amides is 1. The third-order valence-electron chi connectivity index (χ3n) is 2.94. The molecule has 24 heavy (non-hydrogen) atoms. The van der Waals surface area contributed by atoms with Gasteiger partial charge in [0.1, 0.15) is 5.69 Å². The van der Waals surface area contributed by atoms with Crippen molar-refractivity contribution in [3.63, 3.8) is 0 Å². The number of benzene rings is 1. The molecule has 2 amide bonds. The molecule has 2 rings (SSSR count). The maximum absolute atomic E-state index is 13.0. The van der Waals surface area contributed by atoms with E-state index in [-0.39, 0.29) is 22.2 Å². The molecule has 1 aromatic heterocycles. The molecular formula is C14H12ClF3N4O2. The van der Waals surface area contributed by atoms with E-state index in [1.807, 2.05) is 0 Å². The Kier molecular flexibility index (Phi) is 4.83. The Hall–Kier alpha value is -2.55. The van der Waals surface area contributed by atoms with Gasteiger partial charge < -0.3 is 10.5 Å². The molecule has 0 atom stereocenters. The Bertz CT molecular complexity index is 783. The first-order chi connectivity index (χ1) is 11.1. The third-order valence-corrected chi connectivity index (χ3v) is 3.24. The lowest BCUT2D eigenvalue weighted by Gasteiger charge is -2.22. The number of nitrogens with two attached hydrogens (primary N) is 1. The summed E-state index contributed by atoms with van der Waals surface area (Å²) >= 11 is 5.98. The minimum Gasteiger partial charge on any atom is -0.493 e. The van der Waals surface area contributed by atoms with Crippen LogP contribution < -0.4 is 15.4 Å². The van der Waals surface area contributed by atoms with Crippen molar-refractivity contribution >= 4 is 29.3 Å². The van der Waals surface area contributed by atoms with E-state index in [1.54, 1.807) is 0 Å². The van der Waals surface area contributed by atoms with Crippen LogP contribution in [0, 0.1) is 6.92 Å². The van der Waals surface area contributed by atoms with Crippen molar-refractivity contribution in [2.24, 2.45) is 5.73 Å². The fourth-order valence-electron chi connectivity index (χ4n) is 2.00. The minimum absolute atomic E-state index is 0.0135. The summed E-state index contributed by atoms with van der Waals surface area (Å²) in [5.74, 6) is -0.480. The van der Waals surface area contributed by atoms with E-state index >= 15 is 0 Å². The lowest BCUT2D eigenvalue weighted by molar-refractivity contribution is -0.141. The summed E-state index contributed by atoms with van der Waals surface area (Å²) in [6.45, 7) is 1.34. The number of alkyl halides is 3. The monoisotopic (exact) mass is 360 g/mol. The van der Waals surface area contributed by atoms with Gasteiger partial charge in [-0.3, -0.25) is 0 Å². The first kappa shape index (κ1) is 17.8. The summed E-state index contributed by atoms with van der Waals surface area (Å²) in [7, 11) is 1.29. The van der Waals surface area contributed by atoms with Crippen LogP contribution in [0.5, 0.6) is 5.75 Å². The standard InChI is InChI=1S/C14H12ClF3N4O2/c1-7-6-10(14(16,17)18)21-13(20-7)22(12(19)23)9-5-3-4-8(15)11(9)24-2/h3-6H,1-2H3,(H2,19,23). The number of carbonyl (C=O) groups excluding carboxylic acids is 1. The molecule has 1 aromatic carbocycles. The number of aromatic nitrogens is 2. The lowest BCUT2D eigenvalue weighted by atomic mass is 10.2. The number of methoxy groups -OCH3 is 1. The summed E-state index contributed by atoms with van der Waals surface area (Å²) < 4.78 is 44.0. The van der Waals surface area contributed by atoms with Crippen LogP contribution >= 0.6 is 11.6 Å². The third kappa shape index (κ3) is 3.51. The van der Waals surface area contributed by atoms with E-state index < -0.39 is 23.8 Å². The Morgan fingerprint density at radius 1 is 1.33 bits per heavy atom. The maximum Gasteiger partial charge on any atom is 0.433 e. The number of hydrogen-bond donors (Lipinski definition) is 1. The van der Waals surface area contributed by atoms with Crippen molar-refractivity contribution in [2.75, 3.05) is 12.0 Å². The molecule has 10 heteroatoms. The van der Waals surface area contributed by atoms with Crippen LogP contribution in [0.4, 0.5) is 29.6 Å². The number of hydrogen-bond acceptors (Lipinski definition) is 4. The summed E-state index contributed by atoms with van der Waals surface area (Å²) in [6.07, 6.45) is -4.70. The Labute approximate surface area is 140 Å². The SMILES string of the molecule is COc1c(Cl)cccc1N(C(N)=O)c1nc(C)cc(C(F)(F)F)n1. The average Bonchev–Trinajstić information content (AvgIpc) is 2.46. The maximum atomic E-state index is 13.0. The van der Waals surface area contributed by atoms with Crippen LogP contribution in [-0.2, 0) is 6.18 Å². The van der Waals surface area contributed by atoms with Crippen LogP contribution in [0.15, 0.2) is 24.3 Å². The zero-order valence-corrected chi connectivity index (χ0v) is 13.3. The molecule has 0 fully saturated rings. The molecule has 0 radical (unpaired) electrons. The van der Waals surface area contributed by atoms with Gasteiger partial charge in [0.05, 0.1) is 17.8 Å². The highest BCUT2D eigenvalue weighted by Gasteiger charge is 2.35. The zero-order chi connectivity index (χ0) is 18.1. The molecule has 0 aliphatic heterocycles. The van der Waals surface area contributed by atoms with Crippen molar-refractivity contribution in [1.82, 2.24) is 9.97 Å². The van der Waals surface area contributed by atoms with Crippen molar-refractivity contribution in [3.05, 3.63) is 40.7 Å². The van der Waals surface area contributed by atoms with E-state index in [4.69, 9.17) is 22.1 Å². The number of amides is 2. The van der Waals surface area contributed by atoms with Gasteiger partial charge in [-0.1, -0.05) is 17.7 Å². The quantitative estimate of drug-likeness (QED) is 0.905. The van der Waals surface area contributed by atoms with E-state index in [0.717, 1.165) is 6.07 Å². The summed E-state index contributed by atoms with van der Waals surface area (Å²) in [5.41, 5.74) is 4.15. The van der Waals surface area contributed by atoms with Crippen LogP contribution in [-0.4, -0.2) is 23.1 Å². The van der Waals surface area contributed by atoms with Gasteiger partial charge in [-0.05, 0) is 25.1 Å². The van der Waals surface area contributed by atoms with Gasteiger partial charge in [0.25, 0.3) is 0 Å². The normalized spacial score (nSPS) is 11.2. The van der Waals surface area contributed by atoms with Gasteiger partial charge in [0.15, 0.2) is 5.75 Å². The molecule has 0 saturated heterocycles. The van der Waals surface area contributed by atoms with E-state index in [0.29, 0.717) is 4.90 Å². The molecule has 0 spiro atoms. The van der Waals surface area contributed by atoms with Crippen LogP contribution in [0.25, 0.3) is 0 Å². The van der Waals surface area contributed by atoms with E-state index in [2.05, 4.69) is 9.97 Å². The lowest BCUT2D eigenvalue weighted by Crippen LogP contribution is -2.33. The molecule has 128 valence electrons. The number of anilines is 2. The molecule has 0 unspecified atom stereocenters. The fraction of sp³-hybridized carbons (Fsp3) is 0.214. The summed E-state index contributed by atoms with van der Waals surface area (Å²) in [6, 6.07) is 4.04. The van der Waals surface area contributed by atoms with Crippen molar-refractivity contribution in [2.45, 2.75) is 13.1 Å². The van der Waals surface area contributed by atoms with Gasteiger partial charge in [-0.2, -0.15) is 13.2 Å². The summed E-state index contributed by atoms with van der Waals surface area (Å²) in [5, 5.41) is 0.143. The molecule has 0 aliphatic carbocycles. The predicted molar refractivity (Wildman–Crippen MR) is 81.5 cm³/mol. The molecule has 2 aromatic rings. The Morgan fingerprint density at radius 3 is 2.54 bits per heavy atom. The molecule has 2 N–H and O–H groups in total. The second-order valence-corrected chi connectivity index (χ2v) is 5.07. The van der Waals surface area contributed by atoms with Crippen LogP contribution in [0.3, 0.4) is 0 Å². The first-order valence-corrected chi connectivity index (χ1v) is 6.88. The zero-order valence-electron chi connectivity index (χ0n) is 12.6. The van der Waals surface area contributed by atoms with E-state index in [1.165, 1.54) is 32.2 Å². The molecule has 0 bridgehead atoms. The highest BCUT2D eigenvalue weighted by atomic mass is 35.5. The number of carbonyl (C=O) groups is 1. The second kappa shape index (κ2) is 6.52. The summed E-state index contributed by atoms with van der Waals surface area (Å²) in [4.78, 5) is 19.8. The average molecular weight is 361 g/mol. The van der Waals surface area contributed by atoms with E-state index in [9.17, 15) is 18.0 Å². The first-order valence-electron chi connectivity index (χ1n) is 6.50. The van der Waals surface area contributed by atoms with Gasteiger partial charge in [-0.25, -0.2) is 19.7 Å². The van der Waals surface area contributed by atoms with Gasteiger partial charge in [-0.15, -0.1) is 0 Å². The number of rotatable bonds is 3. The van der Waals surface area contributed by atoms with Gasteiger partial charge >= 0.3 is 12.2 Å². The number of nitrogens with zero attached hydrogens (tertiary/aromatic N) is 3. The predicted octanol–water partition coefficient (Wildman–Crippen LogP) is 3.68. The number of ether oxygens (including phenoxy) is 1. The second-order valence-electron chi connectivity index (χ2n) is 4.66. The number of urea groups is 1. The van der Waals surface area contributed by atoms with Gasteiger partial charge in [0, 0.05) is 5.69 Å². The molecular weight excluding hydrogens is 349 g/mol. The largest absolute Gasteiger partial charge is 0.493 e. The van der Waals surface area contributed by atoms with Gasteiger partial charge in [0.2, 0.25) is 5.95 Å². The number of para-hydroxylation sites is 1. The number of halogens is 4. The molecule has 0 aliphatic rings. The molecule has 1 heterocycles. The Morgan fingerprint density at radius 2 is 2.00 bits per heavy atom. The Balaban J connectivity index is 2.68. The molecule has 0 saturated carbocycles. The minimum atomic E-state index is -4.70.